The van der Waals surface area contributed by atoms with Crippen LogP contribution in [0.2, 0.25) is 0 Å². The van der Waals surface area contributed by atoms with Crippen molar-refractivity contribution in [3.63, 3.8) is 0 Å². The van der Waals surface area contributed by atoms with Crippen LogP contribution in [0, 0.1) is 13.8 Å². The fourth-order valence-electron chi connectivity index (χ4n) is 2.73. The van der Waals surface area contributed by atoms with Gasteiger partial charge in [0, 0.05) is 24.4 Å². The highest BCUT2D eigenvalue weighted by atomic mass is 32.2. The number of ketones is 1. The summed E-state index contributed by atoms with van der Waals surface area (Å²) < 4.78 is 1.95. The van der Waals surface area contributed by atoms with Gasteiger partial charge in [0.25, 0.3) is 0 Å². The number of carbonyl (C=O) groups is 2. The molecular weight excluding hydrogens is 336 g/mol. The number of rotatable bonds is 8. The maximum atomic E-state index is 12.6. The Balaban J connectivity index is 1.73. The molecule has 3 rings (SSSR count). The van der Waals surface area contributed by atoms with E-state index in [1.54, 1.807) is 0 Å². The van der Waals surface area contributed by atoms with Gasteiger partial charge in [-0.3, -0.25) is 9.59 Å². The van der Waals surface area contributed by atoms with Crippen molar-refractivity contribution < 1.29 is 9.59 Å². The number of nitrogens with two attached hydrogens (primary N) is 1. The van der Waals surface area contributed by atoms with Crippen LogP contribution in [0.15, 0.2) is 23.4 Å². The van der Waals surface area contributed by atoms with E-state index >= 15 is 0 Å². The van der Waals surface area contributed by atoms with Crippen molar-refractivity contribution in [1.29, 1.82) is 0 Å². The van der Waals surface area contributed by atoms with E-state index in [4.69, 9.17) is 5.73 Å². The molecular formula is C18H22N4O2S. The lowest BCUT2D eigenvalue weighted by Gasteiger charge is -2.09. The Morgan fingerprint density at radius 1 is 1.28 bits per heavy atom. The van der Waals surface area contributed by atoms with Gasteiger partial charge in [0.2, 0.25) is 5.91 Å². The summed E-state index contributed by atoms with van der Waals surface area (Å²) in [5, 5.41) is 9.18. The van der Waals surface area contributed by atoms with Gasteiger partial charge in [0.1, 0.15) is 5.82 Å². The van der Waals surface area contributed by atoms with Crippen LogP contribution < -0.4 is 5.73 Å². The number of hydrogen-bond donors (Lipinski definition) is 1. The number of carbonyl (C=O) groups excluding carboxylic acids is 2. The Labute approximate surface area is 151 Å². The van der Waals surface area contributed by atoms with Gasteiger partial charge in [-0.25, -0.2) is 0 Å². The third-order valence-corrected chi connectivity index (χ3v) is 5.26. The topological polar surface area (TPSA) is 90.9 Å². The van der Waals surface area contributed by atoms with Crippen LogP contribution in [0.4, 0.5) is 0 Å². The fraction of sp³-hybridized carbons (Fsp3) is 0.444. The van der Waals surface area contributed by atoms with Crippen molar-refractivity contribution in [3.05, 3.63) is 40.7 Å². The molecule has 2 N–H and O–H groups in total. The number of hydrogen-bond acceptors (Lipinski definition) is 5. The average molecular weight is 358 g/mol. The first-order chi connectivity index (χ1) is 12.0. The monoisotopic (exact) mass is 358 g/mol. The van der Waals surface area contributed by atoms with Crippen molar-refractivity contribution in [2.45, 2.75) is 50.7 Å². The minimum Gasteiger partial charge on any atom is -0.370 e. The first-order valence-corrected chi connectivity index (χ1v) is 9.39. The first-order valence-electron chi connectivity index (χ1n) is 8.40. The molecule has 1 heterocycles. The van der Waals surface area contributed by atoms with E-state index in [2.05, 4.69) is 10.2 Å². The molecule has 7 heteroatoms. The van der Waals surface area contributed by atoms with Gasteiger partial charge in [-0.1, -0.05) is 29.5 Å². The van der Waals surface area contributed by atoms with E-state index in [9.17, 15) is 9.59 Å². The Hall–Kier alpha value is -2.15. The third kappa shape index (κ3) is 4.28. The average Bonchev–Trinajstić information content (AvgIpc) is 3.33. The summed E-state index contributed by atoms with van der Waals surface area (Å²) in [7, 11) is 0. The van der Waals surface area contributed by atoms with E-state index in [-0.39, 0.29) is 18.1 Å². The van der Waals surface area contributed by atoms with Crippen LogP contribution in [0.25, 0.3) is 0 Å². The van der Waals surface area contributed by atoms with Crippen molar-refractivity contribution >= 4 is 23.5 Å². The highest BCUT2D eigenvalue weighted by Gasteiger charge is 2.30. The number of aryl methyl sites for hydroxylation is 2. The zero-order chi connectivity index (χ0) is 18.0. The lowest BCUT2D eigenvalue weighted by molar-refractivity contribution is -0.118. The molecule has 132 valence electrons. The molecule has 0 bridgehead atoms. The van der Waals surface area contributed by atoms with Gasteiger partial charge < -0.3 is 10.3 Å². The lowest BCUT2D eigenvalue weighted by Crippen LogP contribution is -2.16. The number of benzene rings is 1. The van der Waals surface area contributed by atoms with Crippen molar-refractivity contribution in [3.8, 4) is 0 Å². The van der Waals surface area contributed by atoms with Crippen LogP contribution in [-0.2, 0) is 11.3 Å². The Kier molecular flexibility index (Phi) is 5.22. The molecule has 6 nitrogen and oxygen atoms in total. The van der Waals surface area contributed by atoms with Crippen LogP contribution in [0.5, 0.6) is 0 Å². The van der Waals surface area contributed by atoms with Gasteiger partial charge in [0.05, 0.1) is 5.75 Å². The minimum absolute atomic E-state index is 0.0728. The zero-order valence-corrected chi connectivity index (χ0v) is 15.3. The normalized spacial score (nSPS) is 13.8. The number of nitrogens with zero attached hydrogens (tertiary/aromatic N) is 3. The van der Waals surface area contributed by atoms with Gasteiger partial charge >= 0.3 is 0 Å². The van der Waals surface area contributed by atoms with E-state index in [0.717, 1.165) is 35.4 Å². The maximum Gasteiger partial charge on any atom is 0.219 e. The molecule has 0 aliphatic heterocycles. The highest BCUT2D eigenvalue weighted by molar-refractivity contribution is 7.99. The second-order valence-electron chi connectivity index (χ2n) is 6.51. The fourth-order valence-corrected chi connectivity index (χ4v) is 3.58. The molecule has 1 aromatic carbocycles. The number of aromatic nitrogens is 3. The molecule has 2 aromatic rings. The van der Waals surface area contributed by atoms with Crippen LogP contribution in [-0.4, -0.2) is 32.2 Å². The Morgan fingerprint density at radius 3 is 2.72 bits per heavy atom. The van der Waals surface area contributed by atoms with E-state index in [1.165, 1.54) is 11.8 Å². The lowest BCUT2D eigenvalue weighted by atomic mass is 10.0. The predicted molar refractivity (Wildman–Crippen MR) is 96.8 cm³/mol. The molecule has 0 radical (unpaired) electrons. The summed E-state index contributed by atoms with van der Waals surface area (Å²) in [6, 6.07) is 5.89. The Bertz CT molecular complexity index is 811. The minimum atomic E-state index is -0.349. The van der Waals surface area contributed by atoms with Gasteiger partial charge in [-0.05, 0) is 38.3 Å². The van der Waals surface area contributed by atoms with Crippen molar-refractivity contribution in [2.75, 3.05) is 5.75 Å². The number of Topliss-reactive ketones (excluding diaryl/α,β-unsaturated/α-hetero) is 1. The summed E-state index contributed by atoms with van der Waals surface area (Å²) in [6.07, 6.45) is 2.44. The van der Waals surface area contributed by atoms with E-state index in [0.29, 0.717) is 23.4 Å². The molecule has 1 aliphatic rings. The molecule has 1 saturated carbocycles. The maximum absolute atomic E-state index is 12.6. The quantitative estimate of drug-likeness (QED) is 0.578. The molecule has 0 saturated heterocycles. The molecule has 1 amide bonds. The molecule has 25 heavy (non-hydrogen) atoms. The molecule has 0 unspecified atom stereocenters. The van der Waals surface area contributed by atoms with Gasteiger partial charge in [0.15, 0.2) is 10.9 Å². The number of amides is 1. The first kappa shape index (κ1) is 17.7. The highest BCUT2D eigenvalue weighted by Crippen LogP contribution is 2.40. The van der Waals surface area contributed by atoms with Crippen molar-refractivity contribution in [2.24, 2.45) is 5.73 Å². The molecule has 1 fully saturated rings. The van der Waals surface area contributed by atoms with Crippen LogP contribution in [0.3, 0.4) is 0 Å². The number of thioether (sulfide) groups is 1. The molecule has 1 aromatic heterocycles. The predicted octanol–water partition coefficient (Wildman–Crippen LogP) is 2.62. The standard InChI is InChI=1S/C18H22N4O2S/c1-11-3-4-12(2)14(9-11)15(23)10-25-18-21-20-17(13-5-6-13)22(18)8-7-16(19)24/h3-4,9,13H,5-8,10H2,1-2H3,(H2,19,24). The summed E-state index contributed by atoms with van der Waals surface area (Å²) in [4.78, 5) is 23.7. The van der Waals surface area contributed by atoms with E-state index < -0.39 is 0 Å². The molecule has 0 spiro atoms. The van der Waals surface area contributed by atoms with Gasteiger partial charge in [-0.15, -0.1) is 10.2 Å². The summed E-state index contributed by atoms with van der Waals surface area (Å²) in [6.45, 7) is 4.39. The third-order valence-electron chi connectivity index (χ3n) is 4.30. The number of primary amides is 1. The second-order valence-corrected chi connectivity index (χ2v) is 7.46. The van der Waals surface area contributed by atoms with Gasteiger partial charge in [-0.2, -0.15) is 0 Å². The summed E-state index contributed by atoms with van der Waals surface area (Å²) >= 11 is 1.37. The van der Waals surface area contributed by atoms with Crippen LogP contribution in [0.1, 0.15) is 52.5 Å². The van der Waals surface area contributed by atoms with E-state index in [1.807, 2.05) is 36.6 Å². The van der Waals surface area contributed by atoms with Crippen LogP contribution >= 0.6 is 11.8 Å². The second kappa shape index (κ2) is 7.39. The van der Waals surface area contributed by atoms with Crippen molar-refractivity contribution in [1.82, 2.24) is 14.8 Å². The summed E-state index contributed by atoms with van der Waals surface area (Å²) in [5.74, 6) is 1.35. The SMILES string of the molecule is Cc1ccc(C)c(C(=O)CSc2nnc(C3CC3)n2CCC(N)=O)c1. The zero-order valence-electron chi connectivity index (χ0n) is 14.5. The smallest absolute Gasteiger partial charge is 0.219 e. The molecule has 0 atom stereocenters. The summed E-state index contributed by atoms with van der Waals surface area (Å²) in [5.41, 5.74) is 8.07. The Morgan fingerprint density at radius 2 is 2.04 bits per heavy atom. The largest absolute Gasteiger partial charge is 0.370 e. The molecule has 1 aliphatic carbocycles.